The number of amides is 1. The molecular weight excluding hydrogens is 429 g/mol. The molecule has 0 aliphatic heterocycles. The van der Waals surface area contributed by atoms with Crippen molar-refractivity contribution in [3.63, 3.8) is 0 Å². The van der Waals surface area contributed by atoms with Crippen LogP contribution in [-0.4, -0.2) is 46.1 Å². The summed E-state index contributed by atoms with van der Waals surface area (Å²) in [6.45, 7) is 2.61. The molecule has 1 heterocycles. The van der Waals surface area contributed by atoms with Crippen molar-refractivity contribution in [3.8, 4) is 5.75 Å². The van der Waals surface area contributed by atoms with Gasteiger partial charge in [-0.15, -0.1) is 13.2 Å². The first-order chi connectivity index (χ1) is 12.8. The molecule has 0 atom stereocenters. The molecule has 0 bridgehead atoms. The topological polar surface area (TPSA) is 128 Å². The summed E-state index contributed by atoms with van der Waals surface area (Å²) in [7, 11) is -2.67. The molecule has 10 nitrogen and oxygen atoms in total. The van der Waals surface area contributed by atoms with Crippen molar-refractivity contribution in [3.05, 3.63) is 22.7 Å². The highest BCUT2D eigenvalue weighted by molar-refractivity contribution is 7.93. The van der Waals surface area contributed by atoms with Gasteiger partial charge in [0.2, 0.25) is 16.0 Å². The van der Waals surface area contributed by atoms with Crippen molar-refractivity contribution in [1.82, 2.24) is 20.2 Å². The van der Waals surface area contributed by atoms with Crippen LogP contribution in [0, 0.1) is 0 Å². The Balaban J connectivity index is 2.50. The summed E-state index contributed by atoms with van der Waals surface area (Å²) < 4.78 is 69.1. The molecule has 0 radical (unpaired) electrons. The number of anilines is 2. The molecule has 0 aliphatic carbocycles. The molecule has 1 aromatic carbocycles. The van der Waals surface area contributed by atoms with E-state index >= 15 is 0 Å². The molecule has 0 saturated heterocycles. The number of rotatable bonds is 6. The van der Waals surface area contributed by atoms with E-state index in [9.17, 15) is 26.4 Å². The maximum atomic E-state index is 12.7. The average molecular weight is 443 g/mol. The molecule has 2 rings (SSSR count). The van der Waals surface area contributed by atoms with Crippen molar-refractivity contribution in [2.75, 3.05) is 10.0 Å². The third kappa shape index (κ3) is 5.01. The van der Waals surface area contributed by atoms with Gasteiger partial charge >= 0.3 is 6.36 Å². The van der Waals surface area contributed by atoms with Crippen molar-refractivity contribution in [1.29, 1.82) is 0 Å². The summed E-state index contributed by atoms with van der Waals surface area (Å²) in [5, 5.41) is 11.0. The number of carbonyl (C=O) groups excluding carboxylic acids is 1. The zero-order chi connectivity index (χ0) is 21.3. The average Bonchev–Trinajstić information content (AvgIpc) is 2.94. The van der Waals surface area contributed by atoms with Gasteiger partial charge in [0.25, 0.3) is 5.91 Å². The normalized spacial score (nSPS) is 12.1. The Labute approximate surface area is 162 Å². The number of aryl methyl sites for hydroxylation is 1. The Morgan fingerprint density at radius 1 is 1.32 bits per heavy atom. The standard InChI is InChI=1S/C13H14ClF3N6O4S/c1-6(2)28(25,26)20-10-8(27-13(15,16)17)5-4-7(9(10)14)11(24)18-12-19-21-22-23(12)3/h4-6,20H,1-3H3,(H,18,19,22,24). The highest BCUT2D eigenvalue weighted by atomic mass is 35.5. The monoisotopic (exact) mass is 442 g/mol. The van der Waals surface area contributed by atoms with Crippen molar-refractivity contribution >= 4 is 39.2 Å². The van der Waals surface area contributed by atoms with Crippen LogP contribution < -0.4 is 14.8 Å². The maximum Gasteiger partial charge on any atom is 0.573 e. The van der Waals surface area contributed by atoms with Crippen molar-refractivity contribution in [2.45, 2.75) is 25.5 Å². The Morgan fingerprint density at radius 2 is 1.96 bits per heavy atom. The van der Waals surface area contributed by atoms with Crippen LogP contribution in [0.1, 0.15) is 24.2 Å². The number of halogens is 4. The molecule has 2 aromatic rings. The van der Waals surface area contributed by atoms with E-state index < -0.39 is 44.0 Å². The van der Waals surface area contributed by atoms with Crippen LogP contribution in [0.4, 0.5) is 24.8 Å². The Morgan fingerprint density at radius 3 is 2.46 bits per heavy atom. The fraction of sp³-hybridized carbons (Fsp3) is 0.385. The molecule has 1 amide bonds. The van der Waals surface area contributed by atoms with Gasteiger partial charge < -0.3 is 4.74 Å². The number of hydrogen-bond donors (Lipinski definition) is 2. The smallest absolute Gasteiger partial charge is 0.403 e. The van der Waals surface area contributed by atoms with Crippen LogP contribution in [0.3, 0.4) is 0 Å². The highest BCUT2D eigenvalue weighted by Crippen LogP contribution is 2.39. The Hall–Kier alpha value is -2.61. The lowest BCUT2D eigenvalue weighted by Crippen LogP contribution is -2.25. The first-order valence-corrected chi connectivity index (χ1v) is 9.38. The van der Waals surface area contributed by atoms with E-state index in [-0.39, 0.29) is 11.5 Å². The summed E-state index contributed by atoms with van der Waals surface area (Å²) in [6, 6.07) is 1.71. The Kier molecular flexibility index (Phi) is 6.03. The summed E-state index contributed by atoms with van der Waals surface area (Å²) in [5.74, 6) is -1.87. The Bertz CT molecular complexity index is 993. The number of benzene rings is 1. The molecular formula is C13H14ClF3N6O4S. The second-order valence-electron chi connectivity index (χ2n) is 5.62. The summed E-state index contributed by atoms with van der Waals surface area (Å²) in [4.78, 5) is 12.4. The van der Waals surface area contributed by atoms with Gasteiger partial charge in [-0.1, -0.05) is 16.7 Å². The summed E-state index contributed by atoms with van der Waals surface area (Å²) >= 11 is 6.03. The van der Waals surface area contributed by atoms with Crippen LogP contribution in [0.5, 0.6) is 5.75 Å². The number of ether oxygens (including phenoxy) is 1. The van der Waals surface area contributed by atoms with E-state index in [2.05, 4.69) is 25.6 Å². The quantitative estimate of drug-likeness (QED) is 0.701. The SMILES string of the molecule is CC(C)S(=O)(=O)Nc1c(OC(F)(F)F)ccc(C(=O)Nc2nnnn2C)c1Cl. The van der Waals surface area contributed by atoms with Crippen LogP contribution in [0.15, 0.2) is 12.1 Å². The molecule has 0 aliphatic rings. The number of aromatic nitrogens is 4. The van der Waals surface area contributed by atoms with Crippen molar-refractivity contribution < 1.29 is 31.1 Å². The second-order valence-corrected chi connectivity index (χ2v) is 8.24. The minimum absolute atomic E-state index is 0.0685. The summed E-state index contributed by atoms with van der Waals surface area (Å²) in [6.07, 6.45) is -5.12. The fourth-order valence-corrected chi connectivity index (χ4v) is 2.87. The number of sulfonamides is 1. The van der Waals surface area contributed by atoms with E-state index in [0.717, 1.165) is 16.8 Å². The lowest BCUT2D eigenvalue weighted by atomic mass is 10.1. The number of hydrogen-bond acceptors (Lipinski definition) is 7. The van der Waals surface area contributed by atoms with E-state index in [1.807, 2.05) is 4.72 Å². The highest BCUT2D eigenvalue weighted by Gasteiger charge is 2.34. The van der Waals surface area contributed by atoms with Gasteiger partial charge in [0.15, 0.2) is 5.75 Å². The fourth-order valence-electron chi connectivity index (χ4n) is 1.80. The molecule has 0 saturated carbocycles. The first kappa shape index (κ1) is 21.7. The van der Waals surface area contributed by atoms with Crippen LogP contribution in [-0.2, 0) is 17.1 Å². The first-order valence-electron chi connectivity index (χ1n) is 7.45. The number of carbonyl (C=O) groups is 1. The second kappa shape index (κ2) is 7.79. The molecule has 28 heavy (non-hydrogen) atoms. The number of nitrogens with one attached hydrogen (secondary N) is 2. The van der Waals surface area contributed by atoms with E-state index in [1.165, 1.54) is 20.9 Å². The lowest BCUT2D eigenvalue weighted by Gasteiger charge is -2.19. The van der Waals surface area contributed by atoms with Crippen molar-refractivity contribution in [2.24, 2.45) is 7.05 Å². The zero-order valence-electron chi connectivity index (χ0n) is 14.6. The molecule has 0 spiro atoms. The third-order valence-corrected chi connectivity index (χ3v) is 5.41. The van der Waals surface area contributed by atoms with Crippen LogP contribution in [0.25, 0.3) is 0 Å². The zero-order valence-corrected chi connectivity index (χ0v) is 16.1. The molecule has 0 unspecified atom stereocenters. The number of tetrazole rings is 1. The van der Waals surface area contributed by atoms with Gasteiger partial charge in [-0.05, 0) is 36.4 Å². The van der Waals surface area contributed by atoms with Gasteiger partial charge in [0.1, 0.15) is 5.69 Å². The number of nitrogens with zero attached hydrogens (tertiary/aromatic N) is 4. The minimum atomic E-state index is -5.12. The largest absolute Gasteiger partial charge is 0.573 e. The maximum absolute atomic E-state index is 12.7. The molecule has 15 heteroatoms. The van der Waals surface area contributed by atoms with E-state index in [0.29, 0.717) is 0 Å². The van der Waals surface area contributed by atoms with Gasteiger partial charge in [0, 0.05) is 7.05 Å². The van der Waals surface area contributed by atoms with E-state index in [4.69, 9.17) is 11.6 Å². The molecule has 0 fully saturated rings. The third-order valence-electron chi connectivity index (χ3n) is 3.28. The van der Waals surface area contributed by atoms with E-state index in [1.54, 1.807) is 0 Å². The predicted octanol–water partition coefficient (Wildman–Crippen LogP) is 2.16. The van der Waals surface area contributed by atoms with Gasteiger partial charge in [0.05, 0.1) is 15.8 Å². The molecule has 154 valence electrons. The van der Waals surface area contributed by atoms with Crippen LogP contribution >= 0.6 is 11.6 Å². The predicted molar refractivity (Wildman–Crippen MR) is 92.6 cm³/mol. The summed E-state index contributed by atoms with van der Waals surface area (Å²) in [5.41, 5.74) is -1.06. The molecule has 2 N–H and O–H groups in total. The molecule has 1 aromatic heterocycles. The lowest BCUT2D eigenvalue weighted by molar-refractivity contribution is -0.274. The minimum Gasteiger partial charge on any atom is -0.403 e. The van der Waals surface area contributed by atoms with Gasteiger partial charge in [-0.3, -0.25) is 14.8 Å². The van der Waals surface area contributed by atoms with Gasteiger partial charge in [-0.25, -0.2) is 13.1 Å². The van der Waals surface area contributed by atoms with Crippen LogP contribution in [0.2, 0.25) is 5.02 Å². The number of alkyl halides is 3. The van der Waals surface area contributed by atoms with Gasteiger partial charge in [-0.2, -0.15) is 0 Å².